The van der Waals surface area contributed by atoms with Crippen molar-refractivity contribution in [1.82, 2.24) is 24.9 Å². The third-order valence-corrected chi connectivity index (χ3v) is 5.96. The normalized spacial score (nSPS) is 18.8. The molecule has 0 radical (unpaired) electrons. The number of hydrogen-bond donors (Lipinski definition) is 2. The largest absolute Gasteiger partial charge is 0.352 e. The van der Waals surface area contributed by atoms with Crippen molar-refractivity contribution in [2.75, 3.05) is 20.1 Å². The lowest BCUT2D eigenvalue weighted by Crippen LogP contribution is -2.44. The van der Waals surface area contributed by atoms with Crippen molar-refractivity contribution in [3.8, 4) is 0 Å². The van der Waals surface area contributed by atoms with Gasteiger partial charge in [-0.3, -0.25) is 14.3 Å². The Balaban J connectivity index is 0.00000225. The first-order chi connectivity index (χ1) is 13.2. The molecule has 0 amide bonds. The number of halogens is 1. The highest BCUT2D eigenvalue weighted by Gasteiger charge is 2.27. The molecular formula is C20H27IN6S. The lowest BCUT2D eigenvalue weighted by Gasteiger charge is -2.25. The minimum Gasteiger partial charge on any atom is -0.352 e. The quantitative estimate of drug-likeness (QED) is 0.314. The highest BCUT2D eigenvalue weighted by atomic mass is 127. The number of hydrogen-bond acceptors (Lipinski definition) is 4. The van der Waals surface area contributed by atoms with Crippen molar-refractivity contribution in [3.63, 3.8) is 0 Å². The van der Waals surface area contributed by atoms with Crippen LogP contribution in [0.4, 0.5) is 0 Å². The average Bonchev–Trinajstić information content (AvgIpc) is 3.41. The number of fused-ring (bicyclic) bond motifs is 1. The molecule has 8 heteroatoms. The van der Waals surface area contributed by atoms with Crippen LogP contribution in [0.25, 0.3) is 4.96 Å². The Kier molecular flexibility index (Phi) is 7.30. The number of aromatic nitrogens is 2. The van der Waals surface area contributed by atoms with E-state index in [9.17, 15) is 0 Å². The molecule has 0 bridgehead atoms. The second kappa shape index (κ2) is 9.71. The molecule has 3 heterocycles. The van der Waals surface area contributed by atoms with Gasteiger partial charge in [-0.15, -0.1) is 35.3 Å². The number of imidazole rings is 1. The smallest absolute Gasteiger partial charge is 0.193 e. The van der Waals surface area contributed by atoms with E-state index in [0.29, 0.717) is 18.6 Å². The summed E-state index contributed by atoms with van der Waals surface area (Å²) in [7, 11) is 1.82. The number of rotatable bonds is 5. The van der Waals surface area contributed by atoms with Crippen LogP contribution in [-0.2, 0) is 6.54 Å². The topological polar surface area (TPSA) is 57.0 Å². The summed E-state index contributed by atoms with van der Waals surface area (Å²) in [6.07, 6.45) is 5.22. The van der Waals surface area contributed by atoms with Crippen LogP contribution < -0.4 is 10.6 Å². The van der Waals surface area contributed by atoms with Gasteiger partial charge in [0, 0.05) is 50.0 Å². The molecule has 2 aromatic heterocycles. The predicted molar refractivity (Wildman–Crippen MR) is 127 cm³/mol. The van der Waals surface area contributed by atoms with Crippen LogP contribution in [0.2, 0.25) is 0 Å². The maximum absolute atomic E-state index is 4.61. The highest BCUT2D eigenvalue weighted by Crippen LogP contribution is 2.24. The number of benzene rings is 1. The fourth-order valence-corrected chi connectivity index (χ4v) is 4.34. The fraction of sp³-hybridized carbons (Fsp3) is 0.400. The SMILES string of the molecule is CN=C(NCc1cn2ccsc2n1)NC1CCN(C(C)c2ccccc2)C1.I. The van der Waals surface area contributed by atoms with E-state index in [1.807, 2.05) is 18.6 Å². The van der Waals surface area contributed by atoms with Crippen LogP contribution in [0, 0.1) is 0 Å². The Labute approximate surface area is 187 Å². The number of nitrogens with zero attached hydrogens (tertiary/aromatic N) is 4. The van der Waals surface area contributed by atoms with E-state index in [1.54, 1.807) is 11.3 Å². The van der Waals surface area contributed by atoms with Gasteiger partial charge in [0.25, 0.3) is 0 Å². The summed E-state index contributed by atoms with van der Waals surface area (Å²) in [5.74, 6) is 0.838. The van der Waals surface area contributed by atoms with Crippen LogP contribution in [-0.4, -0.2) is 46.4 Å². The summed E-state index contributed by atoms with van der Waals surface area (Å²) < 4.78 is 2.05. The first-order valence-corrected chi connectivity index (χ1v) is 10.3. The lowest BCUT2D eigenvalue weighted by molar-refractivity contribution is 0.258. The molecular weight excluding hydrogens is 483 g/mol. The van der Waals surface area contributed by atoms with Gasteiger partial charge in [0.1, 0.15) is 0 Å². The molecule has 2 unspecified atom stereocenters. The van der Waals surface area contributed by atoms with Crippen molar-refractivity contribution in [1.29, 1.82) is 0 Å². The minimum absolute atomic E-state index is 0. The van der Waals surface area contributed by atoms with Crippen molar-refractivity contribution in [2.24, 2.45) is 4.99 Å². The Morgan fingerprint density at radius 3 is 2.93 bits per heavy atom. The van der Waals surface area contributed by atoms with Crippen molar-refractivity contribution < 1.29 is 0 Å². The van der Waals surface area contributed by atoms with Gasteiger partial charge >= 0.3 is 0 Å². The number of likely N-dealkylation sites (tertiary alicyclic amines) is 1. The van der Waals surface area contributed by atoms with Gasteiger partial charge in [0.2, 0.25) is 0 Å². The third-order valence-electron chi connectivity index (χ3n) is 5.19. The van der Waals surface area contributed by atoms with Crippen molar-refractivity contribution >= 4 is 46.2 Å². The second-order valence-corrected chi connectivity index (χ2v) is 7.84. The van der Waals surface area contributed by atoms with E-state index in [1.165, 1.54) is 5.56 Å². The fourth-order valence-electron chi connectivity index (χ4n) is 3.62. The van der Waals surface area contributed by atoms with Gasteiger partial charge in [-0.1, -0.05) is 30.3 Å². The molecule has 3 aromatic rings. The van der Waals surface area contributed by atoms with Gasteiger partial charge in [0.05, 0.1) is 12.2 Å². The molecule has 0 spiro atoms. The van der Waals surface area contributed by atoms with E-state index >= 15 is 0 Å². The molecule has 1 aliphatic rings. The Morgan fingerprint density at radius 2 is 2.18 bits per heavy atom. The number of guanidine groups is 1. The summed E-state index contributed by atoms with van der Waals surface area (Å²) in [6.45, 7) is 5.08. The van der Waals surface area contributed by atoms with Crippen LogP contribution >= 0.6 is 35.3 Å². The van der Waals surface area contributed by atoms with Gasteiger partial charge in [-0.25, -0.2) is 4.98 Å². The maximum Gasteiger partial charge on any atom is 0.193 e. The molecule has 6 nitrogen and oxygen atoms in total. The van der Waals surface area contributed by atoms with Crippen molar-refractivity contribution in [2.45, 2.75) is 32.0 Å². The summed E-state index contributed by atoms with van der Waals surface area (Å²) in [4.78, 5) is 12.5. The van der Waals surface area contributed by atoms with Gasteiger partial charge in [-0.05, 0) is 18.9 Å². The third kappa shape index (κ3) is 4.84. The number of thiazole rings is 1. The molecule has 1 saturated heterocycles. The number of nitrogens with one attached hydrogen (secondary N) is 2. The Bertz CT molecular complexity index is 877. The van der Waals surface area contributed by atoms with Crippen LogP contribution in [0.1, 0.15) is 30.6 Å². The lowest BCUT2D eigenvalue weighted by atomic mass is 10.1. The van der Waals surface area contributed by atoms with Crippen LogP contribution in [0.3, 0.4) is 0 Å². The first-order valence-electron chi connectivity index (χ1n) is 9.40. The molecule has 2 atom stereocenters. The second-order valence-electron chi connectivity index (χ2n) is 6.96. The predicted octanol–water partition coefficient (Wildman–Crippen LogP) is 3.51. The summed E-state index contributed by atoms with van der Waals surface area (Å²) in [5, 5.41) is 9.00. The van der Waals surface area contributed by atoms with Crippen LogP contribution in [0.15, 0.2) is 53.1 Å². The van der Waals surface area contributed by atoms with E-state index in [2.05, 4.69) is 73.4 Å². The Hall–Kier alpha value is -1.65. The standard InChI is InChI=1S/C20H26N6S.HI/c1-15(16-6-4-3-5-7-16)25-9-8-17(13-25)23-19(21-2)22-12-18-14-26-10-11-27-20(26)24-18;/h3-7,10-11,14-15,17H,8-9,12-13H2,1-2H3,(H2,21,22,23);1H. The van der Waals surface area contributed by atoms with Crippen molar-refractivity contribution in [3.05, 3.63) is 59.4 Å². The van der Waals surface area contributed by atoms with E-state index in [-0.39, 0.29) is 24.0 Å². The molecule has 0 aliphatic carbocycles. The highest BCUT2D eigenvalue weighted by molar-refractivity contribution is 14.0. The van der Waals surface area contributed by atoms with Crippen LogP contribution in [0.5, 0.6) is 0 Å². The van der Waals surface area contributed by atoms with E-state index in [0.717, 1.165) is 36.1 Å². The van der Waals surface area contributed by atoms with Gasteiger partial charge in [0.15, 0.2) is 10.9 Å². The molecule has 1 aliphatic heterocycles. The zero-order valence-corrected chi connectivity index (χ0v) is 19.4. The van der Waals surface area contributed by atoms with E-state index in [4.69, 9.17) is 0 Å². The molecule has 150 valence electrons. The maximum atomic E-state index is 4.61. The average molecular weight is 510 g/mol. The van der Waals surface area contributed by atoms with Gasteiger partial charge < -0.3 is 10.6 Å². The zero-order valence-electron chi connectivity index (χ0n) is 16.2. The zero-order chi connectivity index (χ0) is 18.6. The molecule has 4 rings (SSSR count). The molecule has 2 N–H and O–H groups in total. The Morgan fingerprint density at radius 1 is 1.36 bits per heavy atom. The first kappa shape index (κ1) is 21.1. The van der Waals surface area contributed by atoms with Gasteiger partial charge in [-0.2, -0.15) is 0 Å². The number of aliphatic imine (C=N–C) groups is 1. The molecule has 1 aromatic carbocycles. The monoisotopic (exact) mass is 510 g/mol. The molecule has 1 fully saturated rings. The molecule has 28 heavy (non-hydrogen) atoms. The molecule has 0 saturated carbocycles. The summed E-state index contributed by atoms with van der Waals surface area (Å²) >= 11 is 1.65. The summed E-state index contributed by atoms with van der Waals surface area (Å²) in [6, 6.07) is 11.6. The van der Waals surface area contributed by atoms with E-state index < -0.39 is 0 Å². The minimum atomic E-state index is 0. The summed E-state index contributed by atoms with van der Waals surface area (Å²) in [5.41, 5.74) is 2.40.